The van der Waals surface area contributed by atoms with Crippen molar-refractivity contribution in [2.24, 2.45) is 11.8 Å². The van der Waals surface area contributed by atoms with E-state index in [1.807, 2.05) is 41.5 Å². The molecule has 0 aromatic heterocycles. The van der Waals surface area contributed by atoms with Crippen molar-refractivity contribution < 1.29 is 24.2 Å². The maximum atomic E-state index is 14.3. The van der Waals surface area contributed by atoms with Gasteiger partial charge in [-0.3, -0.25) is 14.4 Å². The van der Waals surface area contributed by atoms with Gasteiger partial charge in [0.2, 0.25) is 17.7 Å². The largest absolute Gasteiger partial charge is 0.394 e. The number of fused-ring (bicyclic) bond motifs is 1. The molecule has 2 bridgehead atoms. The van der Waals surface area contributed by atoms with Crippen LogP contribution in [0.4, 0.5) is 0 Å². The van der Waals surface area contributed by atoms with Gasteiger partial charge in [0.15, 0.2) is 0 Å². The van der Waals surface area contributed by atoms with Crippen molar-refractivity contribution in [3.8, 4) is 0 Å². The quantitative estimate of drug-likeness (QED) is 0.438. The summed E-state index contributed by atoms with van der Waals surface area (Å²) in [6.45, 7) is 20.3. The molecule has 3 aliphatic rings. The number of carbonyl (C=O) groups excluding carboxylic acids is 3. The maximum absolute atomic E-state index is 14.3. The van der Waals surface area contributed by atoms with Crippen LogP contribution in [0.15, 0.2) is 25.3 Å². The highest BCUT2D eigenvalue weighted by molar-refractivity contribution is 5.99. The second kappa shape index (κ2) is 10.3. The van der Waals surface area contributed by atoms with Crippen LogP contribution in [0.1, 0.15) is 67.2 Å². The molecule has 8 nitrogen and oxygen atoms in total. The number of nitrogens with zero attached hydrogens (tertiary/aromatic N) is 3. The van der Waals surface area contributed by atoms with Crippen LogP contribution in [0.25, 0.3) is 0 Å². The van der Waals surface area contributed by atoms with E-state index in [0.29, 0.717) is 38.9 Å². The van der Waals surface area contributed by atoms with Gasteiger partial charge in [-0.15, -0.1) is 13.2 Å². The van der Waals surface area contributed by atoms with E-state index < -0.39 is 40.7 Å². The first kappa shape index (κ1) is 28.4. The summed E-state index contributed by atoms with van der Waals surface area (Å²) in [6.07, 6.45) is 5.75. The molecular formula is C28H45N3O5. The lowest BCUT2D eigenvalue weighted by atomic mass is 9.66. The monoisotopic (exact) mass is 503 g/mol. The number of aliphatic hydroxyl groups excluding tert-OH is 1. The highest BCUT2D eigenvalue weighted by Crippen LogP contribution is 2.64. The normalized spacial score (nSPS) is 31.8. The number of amides is 3. The Kier molecular flexibility index (Phi) is 8.11. The van der Waals surface area contributed by atoms with E-state index in [4.69, 9.17) is 4.74 Å². The summed E-state index contributed by atoms with van der Waals surface area (Å²) in [4.78, 5) is 47.5. The van der Waals surface area contributed by atoms with Crippen LogP contribution >= 0.6 is 0 Å². The van der Waals surface area contributed by atoms with Crippen molar-refractivity contribution in [1.82, 2.24) is 14.7 Å². The summed E-state index contributed by atoms with van der Waals surface area (Å²) >= 11 is 0. The Hall–Kier alpha value is -2.19. The molecule has 2 unspecified atom stereocenters. The highest BCUT2D eigenvalue weighted by Gasteiger charge is 2.78. The van der Waals surface area contributed by atoms with Crippen molar-refractivity contribution in [3.05, 3.63) is 25.3 Å². The summed E-state index contributed by atoms with van der Waals surface area (Å²) in [6, 6.07) is -1.45. The molecule has 36 heavy (non-hydrogen) atoms. The van der Waals surface area contributed by atoms with Crippen LogP contribution in [-0.2, 0) is 19.1 Å². The summed E-state index contributed by atoms with van der Waals surface area (Å²) in [5.41, 5.74) is -2.46. The van der Waals surface area contributed by atoms with Crippen LogP contribution < -0.4 is 0 Å². The predicted molar refractivity (Wildman–Crippen MR) is 139 cm³/mol. The Morgan fingerprint density at radius 3 is 2.33 bits per heavy atom. The second-order valence-corrected chi connectivity index (χ2v) is 11.7. The lowest BCUT2D eigenvalue weighted by Crippen LogP contribution is -2.61. The molecule has 3 saturated heterocycles. The van der Waals surface area contributed by atoms with Crippen molar-refractivity contribution in [3.63, 3.8) is 0 Å². The Balaban J connectivity index is 2.16. The van der Waals surface area contributed by atoms with Gasteiger partial charge < -0.3 is 24.5 Å². The molecule has 3 amide bonds. The minimum Gasteiger partial charge on any atom is -0.394 e. The summed E-state index contributed by atoms with van der Waals surface area (Å²) in [5, 5.41) is 10.2. The number of hydrogen-bond donors (Lipinski definition) is 1. The average Bonchev–Trinajstić information content (AvgIpc) is 3.38. The van der Waals surface area contributed by atoms with E-state index in [1.54, 1.807) is 26.9 Å². The Labute approximate surface area is 216 Å². The topological polar surface area (TPSA) is 90.4 Å². The zero-order valence-corrected chi connectivity index (χ0v) is 23.0. The van der Waals surface area contributed by atoms with Crippen LogP contribution in [0.2, 0.25) is 0 Å². The molecule has 6 atom stereocenters. The minimum absolute atomic E-state index is 0.122. The van der Waals surface area contributed by atoms with Crippen molar-refractivity contribution in [1.29, 1.82) is 0 Å². The molecule has 0 radical (unpaired) electrons. The third-order valence-corrected chi connectivity index (χ3v) is 8.33. The Morgan fingerprint density at radius 2 is 1.83 bits per heavy atom. The van der Waals surface area contributed by atoms with Gasteiger partial charge in [-0.25, -0.2) is 0 Å². The van der Waals surface area contributed by atoms with Gasteiger partial charge in [-0.2, -0.15) is 0 Å². The fourth-order valence-electron chi connectivity index (χ4n) is 6.71. The first-order chi connectivity index (χ1) is 16.9. The molecule has 202 valence electrons. The third kappa shape index (κ3) is 4.30. The summed E-state index contributed by atoms with van der Waals surface area (Å²) in [7, 11) is 0. The lowest BCUT2D eigenvalue weighted by Gasteiger charge is -2.43. The van der Waals surface area contributed by atoms with Crippen LogP contribution in [0.3, 0.4) is 0 Å². The number of ether oxygens (including phenoxy) is 1. The number of carbonyl (C=O) groups is 3. The molecule has 3 fully saturated rings. The first-order valence-corrected chi connectivity index (χ1v) is 13.3. The molecule has 3 heterocycles. The molecule has 0 aromatic rings. The van der Waals surface area contributed by atoms with Gasteiger partial charge >= 0.3 is 0 Å². The van der Waals surface area contributed by atoms with E-state index in [2.05, 4.69) is 13.2 Å². The zero-order valence-electron chi connectivity index (χ0n) is 23.0. The van der Waals surface area contributed by atoms with Crippen LogP contribution in [-0.4, -0.2) is 92.6 Å². The smallest absolute Gasteiger partial charge is 0.249 e. The van der Waals surface area contributed by atoms with Crippen LogP contribution in [0.5, 0.6) is 0 Å². The van der Waals surface area contributed by atoms with Gasteiger partial charge in [0.05, 0.1) is 30.1 Å². The first-order valence-electron chi connectivity index (χ1n) is 13.3. The van der Waals surface area contributed by atoms with Gasteiger partial charge in [-0.1, -0.05) is 26.0 Å². The number of aliphatic hydroxyl groups is 1. The molecule has 3 rings (SSSR count). The molecule has 0 aliphatic carbocycles. The fraction of sp³-hybridized carbons (Fsp3) is 0.750. The Morgan fingerprint density at radius 1 is 1.19 bits per heavy atom. The van der Waals surface area contributed by atoms with E-state index in [1.165, 1.54) is 0 Å². The average molecular weight is 504 g/mol. The van der Waals surface area contributed by atoms with E-state index in [0.717, 1.165) is 6.42 Å². The van der Waals surface area contributed by atoms with E-state index in [-0.39, 0.29) is 24.3 Å². The van der Waals surface area contributed by atoms with Gasteiger partial charge in [0.1, 0.15) is 11.6 Å². The number of rotatable bonds is 11. The molecule has 0 aromatic carbocycles. The zero-order chi connectivity index (χ0) is 27.1. The molecule has 3 aliphatic heterocycles. The standard InChI is InChI=1S/C28H45N3O5/c1-9-15-29(16-10-2)23(33)20-21-24(34)31(19(12-4)18-32)22(28(21)14-13-27(20,8)36-28)25(35)30(17-11-3)26(5,6)7/h9,11,19-22,32H,1,3,10,12-18H2,2,4-8H3/t19-,20+,21-,22?,27-,28?/m0/s1. The maximum Gasteiger partial charge on any atom is 0.249 e. The van der Waals surface area contributed by atoms with E-state index >= 15 is 0 Å². The molecule has 1 N–H and O–H groups in total. The minimum atomic E-state index is -1.11. The van der Waals surface area contributed by atoms with Gasteiger partial charge in [0, 0.05) is 25.2 Å². The SMILES string of the molecule is C=CCN(CCC)C(=O)[C@H]1[C@H]2C(=O)N([C@@H](CC)CO)C(C(=O)N(CC=C)C(C)(C)C)C23CC[C@]1(C)O3. The molecule has 0 saturated carbocycles. The van der Waals surface area contributed by atoms with Crippen molar-refractivity contribution in [2.45, 2.75) is 96.1 Å². The summed E-state index contributed by atoms with van der Waals surface area (Å²) in [5.74, 6) is -2.07. The van der Waals surface area contributed by atoms with Crippen LogP contribution in [0, 0.1) is 11.8 Å². The fourth-order valence-corrected chi connectivity index (χ4v) is 6.71. The summed E-state index contributed by atoms with van der Waals surface area (Å²) < 4.78 is 6.74. The molecular weight excluding hydrogens is 458 g/mol. The molecule has 8 heteroatoms. The number of likely N-dealkylation sites (tertiary alicyclic amines) is 1. The second-order valence-electron chi connectivity index (χ2n) is 11.7. The third-order valence-electron chi connectivity index (χ3n) is 8.33. The van der Waals surface area contributed by atoms with Crippen molar-refractivity contribution >= 4 is 17.7 Å². The molecule has 1 spiro atoms. The Bertz CT molecular complexity index is 894. The number of hydrogen-bond acceptors (Lipinski definition) is 5. The highest BCUT2D eigenvalue weighted by atomic mass is 16.5. The lowest BCUT2D eigenvalue weighted by molar-refractivity contribution is -0.159. The van der Waals surface area contributed by atoms with Crippen molar-refractivity contribution in [2.75, 3.05) is 26.2 Å². The van der Waals surface area contributed by atoms with E-state index in [9.17, 15) is 19.5 Å². The predicted octanol–water partition coefficient (Wildman–Crippen LogP) is 2.76. The van der Waals surface area contributed by atoms with Gasteiger partial charge in [-0.05, 0) is 53.4 Å². The van der Waals surface area contributed by atoms with Gasteiger partial charge in [0.25, 0.3) is 0 Å².